The van der Waals surface area contributed by atoms with Crippen LogP contribution in [0, 0.1) is 23.2 Å². The van der Waals surface area contributed by atoms with Gasteiger partial charge in [0, 0.05) is 18.1 Å². The Labute approximate surface area is 149 Å². The number of halogens is 1. The highest BCUT2D eigenvalue weighted by molar-refractivity contribution is 6.30. The Morgan fingerprint density at radius 2 is 1.58 bits per heavy atom. The van der Waals surface area contributed by atoms with E-state index in [2.05, 4.69) is 10.6 Å². The van der Waals surface area contributed by atoms with Crippen LogP contribution >= 0.6 is 11.6 Å². The summed E-state index contributed by atoms with van der Waals surface area (Å²) in [6.07, 6.45) is 9.20. The maximum atomic E-state index is 12.1. The number of amides is 2. The van der Waals surface area contributed by atoms with Crippen LogP contribution in [0.1, 0.15) is 44.1 Å². The fraction of sp³-hybridized carbons (Fsp3) is 0.650. The largest absolute Gasteiger partial charge is 0.338 e. The van der Waals surface area contributed by atoms with Gasteiger partial charge in [-0.2, -0.15) is 0 Å². The lowest BCUT2D eigenvalue weighted by Gasteiger charge is -2.56. The van der Waals surface area contributed by atoms with E-state index in [4.69, 9.17) is 11.6 Å². The van der Waals surface area contributed by atoms with E-state index >= 15 is 0 Å². The van der Waals surface area contributed by atoms with Crippen LogP contribution in [0.15, 0.2) is 24.3 Å². The first-order chi connectivity index (χ1) is 11.6. The van der Waals surface area contributed by atoms with Gasteiger partial charge in [-0.05, 0) is 85.8 Å². The van der Waals surface area contributed by atoms with Crippen molar-refractivity contribution in [2.24, 2.45) is 23.2 Å². The van der Waals surface area contributed by atoms with E-state index in [0.29, 0.717) is 12.0 Å². The number of nitrogens with one attached hydrogen (secondary N) is 2. The normalized spacial score (nSPS) is 33.5. The topological polar surface area (TPSA) is 41.1 Å². The zero-order valence-corrected chi connectivity index (χ0v) is 14.9. The Balaban J connectivity index is 1.22. The van der Waals surface area contributed by atoms with Crippen molar-refractivity contribution >= 4 is 17.6 Å². The number of hydrogen-bond donors (Lipinski definition) is 2. The third kappa shape index (κ3) is 3.56. The van der Waals surface area contributed by atoms with Gasteiger partial charge in [0.15, 0.2) is 0 Å². The fourth-order valence-electron chi connectivity index (χ4n) is 5.81. The van der Waals surface area contributed by atoms with Crippen molar-refractivity contribution in [3.63, 3.8) is 0 Å². The highest BCUT2D eigenvalue weighted by atomic mass is 35.5. The Hall–Kier alpha value is -1.22. The van der Waals surface area contributed by atoms with Crippen molar-refractivity contribution < 1.29 is 4.79 Å². The molecule has 0 spiro atoms. The second kappa shape index (κ2) is 6.59. The van der Waals surface area contributed by atoms with Gasteiger partial charge in [0.25, 0.3) is 0 Å². The van der Waals surface area contributed by atoms with Gasteiger partial charge in [-0.25, -0.2) is 4.79 Å². The Morgan fingerprint density at radius 3 is 2.17 bits per heavy atom. The van der Waals surface area contributed by atoms with Crippen LogP contribution in [0.2, 0.25) is 5.02 Å². The second-order valence-electron chi connectivity index (χ2n) is 8.40. The van der Waals surface area contributed by atoms with Crippen LogP contribution in [-0.4, -0.2) is 19.1 Å². The molecule has 4 saturated carbocycles. The van der Waals surface area contributed by atoms with E-state index in [1.165, 1.54) is 44.1 Å². The molecule has 4 aliphatic carbocycles. The van der Waals surface area contributed by atoms with Gasteiger partial charge in [0.05, 0.1) is 0 Å². The van der Waals surface area contributed by atoms with Crippen LogP contribution in [0.4, 0.5) is 4.79 Å². The minimum Gasteiger partial charge on any atom is -0.338 e. The van der Waals surface area contributed by atoms with Gasteiger partial charge in [-0.1, -0.05) is 23.7 Å². The van der Waals surface area contributed by atoms with Crippen molar-refractivity contribution in [1.29, 1.82) is 0 Å². The first kappa shape index (κ1) is 16.3. The number of urea groups is 1. The third-order valence-corrected chi connectivity index (χ3v) is 6.65. The molecule has 1 aromatic carbocycles. The Morgan fingerprint density at radius 1 is 1.00 bits per heavy atom. The molecule has 4 heteroatoms. The second-order valence-corrected chi connectivity index (χ2v) is 8.84. The minimum atomic E-state index is -0.0142. The summed E-state index contributed by atoms with van der Waals surface area (Å²) in [6.45, 7) is 1.53. The summed E-state index contributed by atoms with van der Waals surface area (Å²) in [6, 6.07) is 7.79. The predicted molar refractivity (Wildman–Crippen MR) is 97.2 cm³/mol. The first-order valence-corrected chi connectivity index (χ1v) is 9.74. The summed E-state index contributed by atoms with van der Waals surface area (Å²) in [4.78, 5) is 12.1. The van der Waals surface area contributed by atoms with E-state index in [1.54, 1.807) is 0 Å². The standard InChI is InChI=1S/C20H27ClN2O/c21-18-3-1-14(2-4-18)5-6-22-19(24)23-13-20-10-15-7-16(11-20)9-17(8-15)12-20/h1-4,15-17H,5-13H2,(H2,22,23,24). The van der Waals surface area contributed by atoms with Gasteiger partial charge >= 0.3 is 6.03 Å². The molecule has 24 heavy (non-hydrogen) atoms. The third-order valence-electron chi connectivity index (χ3n) is 6.40. The molecule has 3 nitrogen and oxygen atoms in total. The summed E-state index contributed by atoms with van der Waals surface area (Å²) in [5, 5.41) is 6.91. The van der Waals surface area contributed by atoms with Crippen LogP contribution in [0.25, 0.3) is 0 Å². The van der Waals surface area contributed by atoms with E-state index in [9.17, 15) is 4.79 Å². The molecule has 0 aromatic heterocycles. The van der Waals surface area contributed by atoms with Crippen molar-refractivity contribution in [3.8, 4) is 0 Å². The number of hydrogen-bond acceptors (Lipinski definition) is 1. The molecule has 130 valence electrons. The molecule has 4 bridgehead atoms. The lowest BCUT2D eigenvalue weighted by Crippen LogP contribution is -2.52. The van der Waals surface area contributed by atoms with Crippen LogP contribution < -0.4 is 10.6 Å². The van der Waals surface area contributed by atoms with Crippen molar-refractivity contribution in [3.05, 3.63) is 34.9 Å². The molecule has 5 rings (SSSR count). The summed E-state index contributed by atoms with van der Waals surface area (Å²) in [7, 11) is 0. The monoisotopic (exact) mass is 346 g/mol. The van der Waals surface area contributed by atoms with Crippen LogP contribution in [-0.2, 0) is 6.42 Å². The number of carbonyl (C=O) groups excluding carboxylic acids is 1. The van der Waals surface area contributed by atoms with Crippen molar-refractivity contribution in [2.45, 2.75) is 44.9 Å². The molecule has 4 aliphatic rings. The van der Waals surface area contributed by atoms with E-state index < -0.39 is 0 Å². The quantitative estimate of drug-likeness (QED) is 0.815. The average Bonchev–Trinajstić information content (AvgIpc) is 2.54. The smallest absolute Gasteiger partial charge is 0.314 e. The molecule has 0 radical (unpaired) electrons. The molecule has 4 fully saturated rings. The van der Waals surface area contributed by atoms with Crippen LogP contribution in [0.3, 0.4) is 0 Å². The molecular weight excluding hydrogens is 320 g/mol. The van der Waals surface area contributed by atoms with Gasteiger partial charge in [0.2, 0.25) is 0 Å². The van der Waals surface area contributed by atoms with Gasteiger partial charge in [-0.3, -0.25) is 0 Å². The van der Waals surface area contributed by atoms with Crippen LogP contribution in [0.5, 0.6) is 0 Å². The first-order valence-electron chi connectivity index (χ1n) is 9.36. The highest BCUT2D eigenvalue weighted by Gasteiger charge is 2.50. The molecule has 0 aliphatic heterocycles. The maximum absolute atomic E-state index is 12.1. The van der Waals surface area contributed by atoms with Crippen molar-refractivity contribution in [2.75, 3.05) is 13.1 Å². The molecule has 2 amide bonds. The van der Waals surface area contributed by atoms with Gasteiger partial charge in [-0.15, -0.1) is 0 Å². The molecule has 0 unspecified atom stereocenters. The van der Waals surface area contributed by atoms with E-state index in [1.807, 2.05) is 24.3 Å². The molecule has 1 aromatic rings. The predicted octanol–water partition coefficient (Wildman–Crippen LogP) is 4.40. The Kier molecular flexibility index (Phi) is 4.46. The molecule has 0 atom stereocenters. The lowest BCUT2D eigenvalue weighted by atomic mass is 9.49. The van der Waals surface area contributed by atoms with Crippen molar-refractivity contribution in [1.82, 2.24) is 10.6 Å². The molecule has 2 N–H and O–H groups in total. The summed E-state index contributed by atoms with van der Waals surface area (Å²) in [5.41, 5.74) is 1.60. The Bertz CT molecular complexity index is 563. The highest BCUT2D eigenvalue weighted by Crippen LogP contribution is 2.59. The fourth-order valence-corrected chi connectivity index (χ4v) is 5.93. The zero-order chi connectivity index (χ0) is 16.6. The maximum Gasteiger partial charge on any atom is 0.314 e. The molecule has 0 saturated heterocycles. The van der Waals surface area contributed by atoms with E-state index in [-0.39, 0.29) is 6.03 Å². The molecular formula is C20H27ClN2O. The van der Waals surface area contributed by atoms with E-state index in [0.717, 1.165) is 35.7 Å². The van der Waals surface area contributed by atoms with Gasteiger partial charge in [0.1, 0.15) is 0 Å². The summed E-state index contributed by atoms with van der Waals surface area (Å²) in [5.74, 6) is 2.81. The summed E-state index contributed by atoms with van der Waals surface area (Å²) < 4.78 is 0. The number of rotatable bonds is 5. The average molecular weight is 347 g/mol. The number of carbonyl (C=O) groups is 1. The van der Waals surface area contributed by atoms with Gasteiger partial charge < -0.3 is 10.6 Å². The zero-order valence-electron chi connectivity index (χ0n) is 14.2. The number of benzene rings is 1. The lowest BCUT2D eigenvalue weighted by molar-refractivity contribution is -0.0498. The SMILES string of the molecule is O=C(NCCc1ccc(Cl)cc1)NCC12CC3CC(CC(C3)C1)C2. The summed E-state index contributed by atoms with van der Waals surface area (Å²) >= 11 is 5.89. The molecule has 0 heterocycles. The minimum absolute atomic E-state index is 0.0142.